The molecular formula is C14H12BrN3OS. The first-order chi connectivity index (χ1) is 9.61. The number of hydrogen-bond donors (Lipinski definition) is 0. The van der Waals surface area contributed by atoms with Gasteiger partial charge in [0.05, 0.1) is 0 Å². The van der Waals surface area contributed by atoms with Gasteiger partial charge in [-0.05, 0) is 39.8 Å². The molecule has 0 saturated heterocycles. The Kier molecular flexibility index (Phi) is 3.76. The van der Waals surface area contributed by atoms with Gasteiger partial charge in [-0.2, -0.15) is 0 Å². The van der Waals surface area contributed by atoms with Gasteiger partial charge in [0.25, 0.3) is 5.22 Å². The number of nitrogens with zero attached hydrogens (tertiary/aromatic N) is 3. The van der Waals surface area contributed by atoms with Crippen LogP contribution >= 0.6 is 27.7 Å². The summed E-state index contributed by atoms with van der Waals surface area (Å²) in [5.41, 5.74) is 1.64. The zero-order valence-electron chi connectivity index (χ0n) is 11.0. The highest BCUT2D eigenvalue weighted by Gasteiger charge is 2.11. The zero-order valence-corrected chi connectivity index (χ0v) is 13.4. The first-order valence-electron chi connectivity index (χ1n) is 6.20. The van der Waals surface area contributed by atoms with Gasteiger partial charge in [-0.1, -0.05) is 26.0 Å². The summed E-state index contributed by atoms with van der Waals surface area (Å²) in [6, 6.07) is 9.57. The maximum atomic E-state index is 5.69. The van der Waals surface area contributed by atoms with Crippen LogP contribution in [0.15, 0.2) is 49.6 Å². The second-order valence-corrected chi connectivity index (χ2v) is 6.38. The minimum atomic E-state index is 0.274. The lowest BCUT2D eigenvalue weighted by atomic mass is 10.2. The Labute approximate surface area is 129 Å². The molecule has 0 unspecified atom stereocenters. The van der Waals surface area contributed by atoms with Crippen molar-refractivity contribution < 1.29 is 4.42 Å². The average molecular weight is 350 g/mol. The number of rotatable bonds is 3. The molecular weight excluding hydrogens is 338 g/mol. The minimum Gasteiger partial charge on any atom is -0.431 e. The summed E-state index contributed by atoms with van der Waals surface area (Å²) in [7, 11) is 0. The van der Waals surface area contributed by atoms with Gasteiger partial charge in [0.1, 0.15) is 21.0 Å². The summed E-state index contributed by atoms with van der Waals surface area (Å²) >= 11 is 4.81. The lowest BCUT2D eigenvalue weighted by Crippen LogP contribution is -1.98. The van der Waals surface area contributed by atoms with E-state index >= 15 is 0 Å². The Hall–Kier alpha value is -1.40. The predicted octanol–water partition coefficient (Wildman–Crippen LogP) is 4.65. The molecule has 2 aromatic heterocycles. The van der Waals surface area contributed by atoms with Crippen LogP contribution in [0.3, 0.4) is 0 Å². The standard InChI is InChI=1S/C14H12BrN3OS/c1-8(2)13-17-11(15)7-12(18-13)20-14-16-9-5-3-4-6-10(9)19-14/h3-8H,1-2H3. The number of hydrogen-bond acceptors (Lipinski definition) is 5. The first-order valence-corrected chi connectivity index (χ1v) is 7.80. The van der Waals surface area contributed by atoms with Crippen molar-refractivity contribution in [2.45, 2.75) is 30.0 Å². The summed E-state index contributed by atoms with van der Waals surface area (Å²) < 4.78 is 6.46. The van der Waals surface area contributed by atoms with Crippen molar-refractivity contribution >= 4 is 38.8 Å². The summed E-state index contributed by atoms with van der Waals surface area (Å²) in [6.07, 6.45) is 0. The average Bonchev–Trinajstić information content (AvgIpc) is 2.79. The number of halogens is 1. The van der Waals surface area contributed by atoms with E-state index in [1.54, 1.807) is 0 Å². The van der Waals surface area contributed by atoms with Crippen molar-refractivity contribution in [3.8, 4) is 0 Å². The van der Waals surface area contributed by atoms with E-state index in [0.717, 1.165) is 26.6 Å². The number of fused-ring (bicyclic) bond motifs is 1. The third kappa shape index (κ3) is 2.86. The van der Waals surface area contributed by atoms with Gasteiger partial charge < -0.3 is 4.42 Å². The third-order valence-electron chi connectivity index (χ3n) is 2.67. The molecule has 0 saturated carbocycles. The molecule has 1 aromatic carbocycles. The van der Waals surface area contributed by atoms with E-state index < -0.39 is 0 Å². The van der Waals surface area contributed by atoms with Gasteiger partial charge >= 0.3 is 0 Å². The molecule has 0 spiro atoms. The lowest BCUT2D eigenvalue weighted by Gasteiger charge is -2.05. The van der Waals surface area contributed by atoms with E-state index in [1.165, 1.54) is 11.8 Å². The van der Waals surface area contributed by atoms with E-state index in [9.17, 15) is 0 Å². The second kappa shape index (κ2) is 5.54. The molecule has 0 aliphatic carbocycles. The Morgan fingerprint density at radius 3 is 2.70 bits per heavy atom. The molecule has 3 aromatic rings. The minimum absolute atomic E-state index is 0.274. The van der Waals surface area contributed by atoms with Gasteiger partial charge in [-0.25, -0.2) is 15.0 Å². The van der Waals surface area contributed by atoms with Crippen LogP contribution in [-0.2, 0) is 0 Å². The van der Waals surface area contributed by atoms with Crippen LogP contribution in [0.4, 0.5) is 0 Å². The smallest absolute Gasteiger partial charge is 0.263 e. The van der Waals surface area contributed by atoms with Gasteiger partial charge in [0, 0.05) is 12.0 Å². The molecule has 0 radical (unpaired) electrons. The Bertz CT molecular complexity index is 724. The van der Waals surface area contributed by atoms with Gasteiger partial charge in [0.2, 0.25) is 0 Å². The maximum absolute atomic E-state index is 5.69. The number of benzene rings is 1. The molecule has 20 heavy (non-hydrogen) atoms. The van der Waals surface area contributed by atoms with Crippen LogP contribution in [0.2, 0.25) is 0 Å². The molecule has 0 atom stereocenters. The molecule has 0 bridgehead atoms. The fourth-order valence-electron chi connectivity index (χ4n) is 1.71. The summed E-state index contributed by atoms with van der Waals surface area (Å²) in [6.45, 7) is 4.13. The third-order valence-corrected chi connectivity index (χ3v) is 3.84. The quantitative estimate of drug-likeness (QED) is 0.644. The number of oxazole rings is 1. The molecule has 0 aliphatic rings. The normalized spacial score (nSPS) is 11.4. The fourth-order valence-corrected chi connectivity index (χ4v) is 3.02. The highest BCUT2D eigenvalue weighted by molar-refractivity contribution is 9.10. The second-order valence-electron chi connectivity index (χ2n) is 4.59. The first kappa shape index (κ1) is 13.6. The van der Waals surface area contributed by atoms with E-state index in [-0.39, 0.29) is 5.92 Å². The van der Waals surface area contributed by atoms with Gasteiger partial charge in [-0.3, -0.25) is 0 Å². The van der Waals surface area contributed by atoms with Crippen molar-refractivity contribution in [2.24, 2.45) is 0 Å². The molecule has 6 heteroatoms. The Morgan fingerprint density at radius 2 is 1.95 bits per heavy atom. The van der Waals surface area contributed by atoms with Crippen LogP contribution in [0.1, 0.15) is 25.6 Å². The Morgan fingerprint density at radius 1 is 1.15 bits per heavy atom. The topological polar surface area (TPSA) is 51.8 Å². The molecule has 0 amide bonds. The van der Waals surface area contributed by atoms with E-state index in [1.807, 2.05) is 30.3 Å². The Balaban J connectivity index is 1.94. The van der Waals surface area contributed by atoms with E-state index in [4.69, 9.17) is 4.42 Å². The summed E-state index contributed by atoms with van der Waals surface area (Å²) in [5.74, 6) is 1.08. The van der Waals surface area contributed by atoms with Crippen LogP contribution in [-0.4, -0.2) is 15.0 Å². The molecule has 3 rings (SSSR count). The lowest BCUT2D eigenvalue weighted by molar-refractivity contribution is 0.489. The van der Waals surface area contributed by atoms with Crippen molar-refractivity contribution in [2.75, 3.05) is 0 Å². The number of aromatic nitrogens is 3. The van der Waals surface area contributed by atoms with Crippen LogP contribution in [0.25, 0.3) is 11.1 Å². The molecule has 4 nitrogen and oxygen atoms in total. The largest absolute Gasteiger partial charge is 0.431 e. The highest BCUT2D eigenvalue weighted by Crippen LogP contribution is 2.30. The highest BCUT2D eigenvalue weighted by atomic mass is 79.9. The van der Waals surface area contributed by atoms with Crippen LogP contribution < -0.4 is 0 Å². The molecule has 2 heterocycles. The predicted molar refractivity (Wildman–Crippen MR) is 82.0 cm³/mol. The zero-order chi connectivity index (χ0) is 14.1. The van der Waals surface area contributed by atoms with E-state index in [2.05, 4.69) is 44.7 Å². The van der Waals surface area contributed by atoms with Gasteiger partial charge in [-0.15, -0.1) is 0 Å². The molecule has 0 fully saturated rings. The van der Waals surface area contributed by atoms with Crippen molar-refractivity contribution in [1.29, 1.82) is 0 Å². The molecule has 0 aliphatic heterocycles. The van der Waals surface area contributed by atoms with E-state index in [0.29, 0.717) is 5.22 Å². The SMILES string of the molecule is CC(C)c1nc(Br)cc(Sc2nc3ccccc3o2)n1. The van der Waals surface area contributed by atoms with Crippen molar-refractivity contribution in [3.63, 3.8) is 0 Å². The fraction of sp³-hybridized carbons (Fsp3) is 0.214. The maximum Gasteiger partial charge on any atom is 0.263 e. The molecule has 102 valence electrons. The van der Waals surface area contributed by atoms with Crippen molar-refractivity contribution in [1.82, 2.24) is 15.0 Å². The van der Waals surface area contributed by atoms with Gasteiger partial charge in [0.15, 0.2) is 5.58 Å². The summed E-state index contributed by atoms with van der Waals surface area (Å²) in [4.78, 5) is 13.3. The summed E-state index contributed by atoms with van der Waals surface area (Å²) in [5, 5.41) is 1.41. The van der Waals surface area contributed by atoms with Crippen molar-refractivity contribution in [3.05, 3.63) is 40.8 Å². The van der Waals surface area contributed by atoms with Crippen LogP contribution in [0, 0.1) is 0 Å². The monoisotopic (exact) mass is 349 g/mol. The molecule has 0 N–H and O–H groups in total. The van der Waals surface area contributed by atoms with Crippen LogP contribution in [0.5, 0.6) is 0 Å². The number of para-hydroxylation sites is 2.